The lowest BCUT2D eigenvalue weighted by atomic mass is 10.4. The smallest absolute Gasteiger partial charge is 0.0191 e. The van der Waals surface area contributed by atoms with Crippen LogP contribution in [0.3, 0.4) is 0 Å². The minimum atomic E-state index is 0.639. The molecule has 0 amide bonds. The number of rotatable bonds is 5. The third kappa shape index (κ3) is 4.17. The third-order valence-corrected chi connectivity index (χ3v) is 3.99. The fourth-order valence-corrected chi connectivity index (χ4v) is 2.98. The largest absolute Gasteiger partial charge is 0.313 e. The third-order valence-electron chi connectivity index (χ3n) is 2.40. The number of benzene rings is 1. The molecular formula is C12H16BrNS. The zero-order valence-corrected chi connectivity index (χ0v) is 11.3. The first-order chi connectivity index (χ1) is 7.24. The summed E-state index contributed by atoms with van der Waals surface area (Å²) < 4.78 is 1.16. The Morgan fingerprint density at radius 2 is 2.33 bits per heavy atom. The molecule has 1 N–H and O–H groups in total. The van der Waals surface area contributed by atoms with Crippen LogP contribution in [0.4, 0.5) is 0 Å². The van der Waals surface area contributed by atoms with Crippen LogP contribution in [-0.2, 0) is 0 Å². The maximum atomic E-state index is 3.56. The van der Waals surface area contributed by atoms with E-state index in [-0.39, 0.29) is 0 Å². The van der Waals surface area contributed by atoms with Crippen molar-refractivity contribution in [1.29, 1.82) is 0 Å². The molecule has 0 aromatic heterocycles. The molecule has 1 atom stereocenters. The topological polar surface area (TPSA) is 12.0 Å². The molecule has 15 heavy (non-hydrogen) atoms. The van der Waals surface area contributed by atoms with Crippen LogP contribution >= 0.6 is 27.7 Å². The van der Waals surface area contributed by atoms with Crippen molar-refractivity contribution in [3.63, 3.8) is 0 Å². The Morgan fingerprint density at radius 1 is 1.53 bits per heavy atom. The van der Waals surface area contributed by atoms with E-state index >= 15 is 0 Å². The molecule has 1 nitrogen and oxygen atoms in total. The Hall–Kier alpha value is 0.01000. The van der Waals surface area contributed by atoms with Crippen LogP contribution in [0.2, 0.25) is 0 Å². The summed E-state index contributed by atoms with van der Waals surface area (Å²) in [5.74, 6) is 0. The van der Waals surface area contributed by atoms with Gasteiger partial charge in [-0.2, -0.15) is 0 Å². The Bertz CT molecular complexity index is 325. The molecule has 0 radical (unpaired) electrons. The molecule has 1 aromatic rings. The van der Waals surface area contributed by atoms with Gasteiger partial charge >= 0.3 is 0 Å². The highest BCUT2D eigenvalue weighted by molar-refractivity contribution is 9.10. The normalized spacial score (nSPS) is 17.7. The number of thioether (sulfide) groups is 1. The van der Waals surface area contributed by atoms with E-state index in [4.69, 9.17) is 0 Å². The van der Waals surface area contributed by atoms with Gasteiger partial charge < -0.3 is 5.32 Å². The van der Waals surface area contributed by atoms with Crippen molar-refractivity contribution in [3.8, 4) is 0 Å². The van der Waals surface area contributed by atoms with E-state index in [0.29, 0.717) is 5.25 Å². The van der Waals surface area contributed by atoms with Gasteiger partial charge in [-0.25, -0.2) is 0 Å². The molecular weight excluding hydrogens is 270 g/mol. The predicted molar refractivity (Wildman–Crippen MR) is 70.5 cm³/mol. The molecule has 0 saturated heterocycles. The van der Waals surface area contributed by atoms with Crippen molar-refractivity contribution >= 4 is 27.7 Å². The first-order valence-electron chi connectivity index (χ1n) is 5.39. The van der Waals surface area contributed by atoms with E-state index in [1.54, 1.807) is 0 Å². The zero-order valence-electron chi connectivity index (χ0n) is 8.87. The van der Waals surface area contributed by atoms with Gasteiger partial charge in [-0.3, -0.25) is 0 Å². The van der Waals surface area contributed by atoms with Crippen molar-refractivity contribution in [2.24, 2.45) is 0 Å². The van der Waals surface area contributed by atoms with E-state index in [2.05, 4.69) is 52.4 Å². The SMILES string of the molecule is CC(CNC1CC1)Sc1cccc(Br)c1. The van der Waals surface area contributed by atoms with Crippen LogP contribution in [0.5, 0.6) is 0 Å². The van der Waals surface area contributed by atoms with Gasteiger partial charge in [-0.05, 0) is 31.0 Å². The van der Waals surface area contributed by atoms with Crippen LogP contribution < -0.4 is 5.32 Å². The average Bonchev–Trinajstić information content (AvgIpc) is 2.98. The Morgan fingerprint density at radius 3 is 3.00 bits per heavy atom. The van der Waals surface area contributed by atoms with Gasteiger partial charge in [-0.15, -0.1) is 11.8 Å². The van der Waals surface area contributed by atoms with Crippen molar-refractivity contribution < 1.29 is 0 Å². The van der Waals surface area contributed by atoms with Crippen LogP contribution in [0.15, 0.2) is 33.6 Å². The second kappa shape index (κ2) is 5.37. The Balaban J connectivity index is 1.79. The molecule has 1 unspecified atom stereocenters. The predicted octanol–water partition coefficient (Wildman–Crippen LogP) is 3.68. The van der Waals surface area contributed by atoms with E-state index < -0.39 is 0 Å². The fraction of sp³-hybridized carbons (Fsp3) is 0.500. The van der Waals surface area contributed by atoms with Crippen LogP contribution in [0, 0.1) is 0 Å². The highest BCUT2D eigenvalue weighted by Gasteiger charge is 2.20. The second-order valence-corrected chi connectivity index (χ2v) is 6.50. The van der Waals surface area contributed by atoms with Crippen LogP contribution in [-0.4, -0.2) is 17.8 Å². The highest BCUT2D eigenvalue weighted by Crippen LogP contribution is 2.26. The molecule has 1 fully saturated rings. The summed E-state index contributed by atoms with van der Waals surface area (Å²) in [4.78, 5) is 1.34. The summed E-state index contributed by atoms with van der Waals surface area (Å²) in [7, 11) is 0. The monoisotopic (exact) mass is 285 g/mol. The fourth-order valence-electron chi connectivity index (χ4n) is 1.43. The Kier molecular flexibility index (Phi) is 4.12. The summed E-state index contributed by atoms with van der Waals surface area (Å²) in [6, 6.07) is 9.32. The molecule has 1 saturated carbocycles. The first kappa shape index (κ1) is 11.5. The minimum absolute atomic E-state index is 0.639. The van der Waals surface area contributed by atoms with Crippen molar-refractivity contribution in [2.75, 3.05) is 6.54 Å². The summed E-state index contributed by atoms with van der Waals surface area (Å²) in [6.07, 6.45) is 2.74. The van der Waals surface area contributed by atoms with Gasteiger partial charge in [0, 0.05) is 27.2 Å². The molecule has 1 aliphatic rings. The van der Waals surface area contributed by atoms with Gasteiger partial charge in [-0.1, -0.05) is 28.9 Å². The van der Waals surface area contributed by atoms with Crippen molar-refractivity contribution in [3.05, 3.63) is 28.7 Å². The summed E-state index contributed by atoms with van der Waals surface area (Å²) >= 11 is 5.43. The molecule has 1 aromatic carbocycles. The molecule has 0 aliphatic heterocycles. The lowest BCUT2D eigenvalue weighted by Gasteiger charge is -2.11. The van der Waals surface area contributed by atoms with Gasteiger partial charge in [0.05, 0.1) is 0 Å². The lowest BCUT2D eigenvalue weighted by molar-refractivity contribution is 0.679. The van der Waals surface area contributed by atoms with Crippen LogP contribution in [0.25, 0.3) is 0 Å². The lowest BCUT2D eigenvalue weighted by Crippen LogP contribution is -2.24. The molecule has 3 heteroatoms. The van der Waals surface area contributed by atoms with Crippen molar-refractivity contribution in [2.45, 2.75) is 36.0 Å². The zero-order chi connectivity index (χ0) is 10.7. The molecule has 0 bridgehead atoms. The van der Waals surface area contributed by atoms with Crippen molar-refractivity contribution in [1.82, 2.24) is 5.32 Å². The maximum absolute atomic E-state index is 3.56. The van der Waals surface area contributed by atoms with E-state index in [1.807, 2.05) is 11.8 Å². The van der Waals surface area contributed by atoms with E-state index in [9.17, 15) is 0 Å². The quantitative estimate of drug-likeness (QED) is 0.829. The van der Waals surface area contributed by atoms with Gasteiger partial charge in [0.1, 0.15) is 0 Å². The second-order valence-electron chi connectivity index (χ2n) is 4.07. The summed E-state index contributed by atoms with van der Waals surface area (Å²) in [6.45, 7) is 3.39. The standard InChI is InChI=1S/C12H16BrNS/c1-9(8-14-11-5-6-11)15-12-4-2-3-10(13)7-12/h2-4,7,9,11,14H,5-6,8H2,1H3. The van der Waals surface area contributed by atoms with E-state index in [0.717, 1.165) is 17.1 Å². The van der Waals surface area contributed by atoms with Crippen LogP contribution in [0.1, 0.15) is 19.8 Å². The summed E-state index contributed by atoms with van der Waals surface area (Å²) in [5, 5.41) is 4.20. The molecule has 1 aliphatic carbocycles. The molecule has 0 heterocycles. The summed E-state index contributed by atoms with van der Waals surface area (Å²) in [5.41, 5.74) is 0. The molecule has 0 spiro atoms. The molecule has 82 valence electrons. The highest BCUT2D eigenvalue weighted by atomic mass is 79.9. The van der Waals surface area contributed by atoms with E-state index in [1.165, 1.54) is 17.7 Å². The number of hydrogen-bond acceptors (Lipinski definition) is 2. The van der Waals surface area contributed by atoms with Gasteiger partial charge in [0.25, 0.3) is 0 Å². The maximum Gasteiger partial charge on any atom is 0.0191 e. The van der Waals surface area contributed by atoms with Gasteiger partial charge in [0.15, 0.2) is 0 Å². The van der Waals surface area contributed by atoms with Gasteiger partial charge in [0.2, 0.25) is 0 Å². The molecule has 2 rings (SSSR count). The number of halogens is 1. The average molecular weight is 286 g/mol. The number of hydrogen-bond donors (Lipinski definition) is 1. The Labute approximate surface area is 104 Å². The first-order valence-corrected chi connectivity index (χ1v) is 7.07. The minimum Gasteiger partial charge on any atom is -0.313 e. The number of nitrogens with one attached hydrogen (secondary N) is 1.